The lowest BCUT2D eigenvalue weighted by Gasteiger charge is -2.12. The van der Waals surface area contributed by atoms with Gasteiger partial charge in [0, 0.05) is 22.7 Å². The van der Waals surface area contributed by atoms with Crippen LogP contribution in [0.4, 0.5) is 0 Å². The molecule has 0 spiro atoms. The first-order chi connectivity index (χ1) is 14.7. The van der Waals surface area contributed by atoms with E-state index in [-0.39, 0.29) is 5.84 Å². The van der Waals surface area contributed by atoms with Crippen molar-refractivity contribution in [2.45, 2.75) is 13.5 Å². The average Bonchev–Trinajstić information content (AvgIpc) is 2.78. The fourth-order valence-electron chi connectivity index (χ4n) is 3.38. The van der Waals surface area contributed by atoms with Crippen LogP contribution in [0, 0.1) is 12.3 Å². The molecule has 4 rings (SSSR count). The molecule has 0 unspecified atom stereocenters. The highest BCUT2D eigenvalue weighted by Crippen LogP contribution is 2.27. The highest BCUT2D eigenvalue weighted by atomic mass is 16.5. The Bertz CT molecular complexity index is 1230. The van der Waals surface area contributed by atoms with E-state index in [2.05, 4.69) is 15.3 Å². The molecule has 30 heavy (non-hydrogen) atoms. The number of nitrogens with zero attached hydrogens (tertiary/aromatic N) is 3. The van der Waals surface area contributed by atoms with E-state index in [1.807, 2.05) is 85.8 Å². The Labute approximate surface area is 174 Å². The molecule has 6 nitrogen and oxygen atoms in total. The molecular weight excluding hydrogens is 374 g/mol. The largest absolute Gasteiger partial charge is 0.488 e. The lowest BCUT2D eigenvalue weighted by atomic mass is 9.98. The standard InChI is InChI=1S/C24H21N5O/c1-16-14-23(21-8-4-5-9-22(21)27-16)30-15-17-10-12-18(13-11-17)19-6-2-3-7-20(19)24(25)28-29-26/h2-14H,15H2,1H3,(H3,25,26,28). The molecule has 1 aromatic heterocycles. The van der Waals surface area contributed by atoms with Gasteiger partial charge >= 0.3 is 0 Å². The quantitative estimate of drug-likeness (QED) is 0.155. The molecule has 3 N–H and O–H groups in total. The summed E-state index contributed by atoms with van der Waals surface area (Å²) in [6.07, 6.45) is 0. The van der Waals surface area contributed by atoms with Crippen LogP contribution in [-0.4, -0.2) is 10.8 Å². The van der Waals surface area contributed by atoms with E-state index in [4.69, 9.17) is 16.0 Å². The zero-order valence-electron chi connectivity index (χ0n) is 16.5. The summed E-state index contributed by atoms with van der Waals surface area (Å²) in [4.78, 5) is 4.55. The molecule has 0 bridgehead atoms. The molecular formula is C24H21N5O. The second-order valence-electron chi connectivity index (χ2n) is 6.87. The van der Waals surface area contributed by atoms with Gasteiger partial charge in [-0.2, -0.15) is 0 Å². The molecule has 1 heterocycles. The number of benzene rings is 3. The summed E-state index contributed by atoms with van der Waals surface area (Å²) >= 11 is 0. The van der Waals surface area contributed by atoms with Crippen LogP contribution in [0.25, 0.3) is 22.0 Å². The lowest BCUT2D eigenvalue weighted by molar-refractivity contribution is 0.309. The topological polar surface area (TPSA) is 96.7 Å². The smallest absolute Gasteiger partial charge is 0.176 e. The maximum Gasteiger partial charge on any atom is 0.176 e. The van der Waals surface area contributed by atoms with Crippen LogP contribution in [0.3, 0.4) is 0 Å². The predicted octanol–water partition coefficient (Wildman–Crippen LogP) is 5.44. The SMILES string of the molecule is Cc1cc(OCc2ccc(-c3ccccc3C(=N)N=NN)cc2)c2ccccc2n1. The molecule has 0 amide bonds. The number of fused-ring (bicyclic) bond motifs is 1. The third kappa shape index (κ3) is 4.03. The Morgan fingerprint density at radius 1 is 1.00 bits per heavy atom. The number of rotatable bonds is 5. The van der Waals surface area contributed by atoms with Crippen molar-refractivity contribution >= 4 is 16.7 Å². The summed E-state index contributed by atoms with van der Waals surface area (Å²) in [5.41, 5.74) is 5.46. The fourth-order valence-corrected chi connectivity index (χ4v) is 3.38. The first-order valence-corrected chi connectivity index (χ1v) is 9.53. The maximum atomic E-state index is 8.04. The van der Waals surface area contributed by atoms with Crippen LogP contribution in [0.5, 0.6) is 5.75 Å². The summed E-state index contributed by atoms with van der Waals surface area (Å²) in [5, 5.41) is 15.9. The van der Waals surface area contributed by atoms with Gasteiger partial charge in [-0.15, -0.1) is 5.11 Å². The van der Waals surface area contributed by atoms with E-state index < -0.39 is 0 Å². The summed E-state index contributed by atoms with van der Waals surface area (Å²) in [5.74, 6) is 5.96. The predicted molar refractivity (Wildman–Crippen MR) is 119 cm³/mol. The monoisotopic (exact) mass is 395 g/mol. The van der Waals surface area contributed by atoms with E-state index in [0.29, 0.717) is 12.2 Å². The molecule has 0 aliphatic heterocycles. The molecule has 3 aromatic carbocycles. The molecule has 0 radical (unpaired) electrons. The number of nitrogens with one attached hydrogen (secondary N) is 1. The van der Waals surface area contributed by atoms with Gasteiger partial charge in [0.1, 0.15) is 12.4 Å². The van der Waals surface area contributed by atoms with Crippen molar-refractivity contribution in [3.8, 4) is 16.9 Å². The van der Waals surface area contributed by atoms with Gasteiger partial charge in [-0.05, 0) is 35.7 Å². The average molecular weight is 395 g/mol. The van der Waals surface area contributed by atoms with Crippen LogP contribution in [0.2, 0.25) is 0 Å². The molecule has 4 aromatic rings. The van der Waals surface area contributed by atoms with Gasteiger partial charge in [0.15, 0.2) is 5.84 Å². The third-order valence-corrected chi connectivity index (χ3v) is 4.81. The van der Waals surface area contributed by atoms with E-state index in [1.165, 1.54) is 0 Å². The minimum absolute atomic E-state index is 0.0282. The van der Waals surface area contributed by atoms with E-state index in [1.54, 1.807) is 0 Å². The van der Waals surface area contributed by atoms with E-state index >= 15 is 0 Å². The molecule has 0 saturated heterocycles. The number of nitrogens with two attached hydrogens (primary N) is 1. The molecule has 0 atom stereocenters. The Kier molecular flexibility index (Phi) is 5.48. The van der Waals surface area contributed by atoms with Gasteiger partial charge in [-0.3, -0.25) is 10.4 Å². The van der Waals surface area contributed by atoms with Crippen molar-refractivity contribution in [2.24, 2.45) is 16.2 Å². The van der Waals surface area contributed by atoms with Gasteiger partial charge in [0.25, 0.3) is 0 Å². The second kappa shape index (κ2) is 8.53. The van der Waals surface area contributed by atoms with Gasteiger partial charge in [-0.25, -0.2) is 0 Å². The minimum atomic E-state index is 0.0282. The van der Waals surface area contributed by atoms with Crippen LogP contribution in [0.15, 0.2) is 89.2 Å². The number of hydrogen-bond donors (Lipinski definition) is 2. The van der Waals surface area contributed by atoms with Gasteiger partial charge in [-0.1, -0.05) is 65.9 Å². The van der Waals surface area contributed by atoms with Crippen LogP contribution in [0.1, 0.15) is 16.8 Å². The highest BCUT2D eigenvalue weighted by molar-refractivity contribution is 6.02. The number of aryl methyl sites for hydroxylation is 1. The molecule has 0 fully saturated rings. The Balaban J connectivity index is 1.56. The third-order valence-electron chi connectivity index (χ3n) is 4.81. The molecule has 6 heteroatoms. The van der Waals surface area contributed by atoms with Crippen molar-refractivity contribution < 1.29 is 4.74 Å². The second-order valence-corrected chi connectivity index (χ2v) is 6.87. The van der Waals surface area contributed by atoms with Crippen molar-refractivity contribution in [3.63, 3.8) is 0 Å². The Morgan fingerprint density at radius 3 is 2.53 bits per heavy atom. The minimum Gasteiger partial charge on any atom is -0.488 e. The maximum absolute atomic E-state index is 8.04. The van der Waals surface area contributed by atoms with Crippen LogP contribution >= 0.6 is 0 Å². The van der Waals surface area contributed by atoms with Crippen LogP contribution < -0.4 is 10.6 Å². The lowest BCUT2D eigenvalue weighted by Crippen LogP contribution is -2.00. The number of aromatic nitrogens is 1. The number of hydrogen-bond acceptors (Lipinski definition) is 4. The number of ether oxygens (including phenoxy) is 1. The molecule has 0 aliphatic rings. The fraction of sp³-hybridized carbons (Fsp3) is 0.0833. The van der Waals surface area contributed by atoms with Crippen molar-refractivity contribution in [1.29, 1.82) is 5.41 Å². The number of para-hydroxylation sites is 1. The zero-order chi connectivity index (χ0) is 20.9. The van der Waals surface area contributed by atoms with Gasteiger partial charge < -0.3 is 10.6 Å². The highest BCUT2D eigenvalue weighted by Gasteiger charge is 2.10. The van der Waals surface area contributed by atoms with Crippen molar-refractivity contribution in [3.05, 3.63) is 95.7 Å². The zero-order valence-corrected chi connectivity index (χ0v) is 16.5. The van der Waals surface area contributed by atoms with Gasteiger partial charge in [0.2, 0.25) is 0 Å². The number of pyridine rings is 1. The molecule has 0 saturated carbocycles. The molecule has 0 aliphatic carbocycles. The van der Waals surface area contributed by atoms with Gasteiger partial charge in [0.05, 0.1) is 5.52 Å². The van der Waals surface area contributed by atoms with E-state index in [9.17, 15) is 0 Å². The van der Waals surface area contributed by atoms with Crippen LogP contribution in [-0.2, 0) is 6.61 Å². The summed E-state index contributed by atoms with van der Waals surface area (Å²) < 4.78 is 6.11. The normalized spacial score (nSPS) is 11.1. The summed E-state index contributed by atoms with van der Waals surface area (Å²) in [6.45, 7) is 2.42. The Morgan fingerprint density at radius 2 is 1.73 bits per heavy atom. The first kappa shape index (κ1) is 19.3. The van der Waals surface area contributed by atoms with Crippen molar-refractivity contribution in [1.82, 2.24) is 4.98 Å². The van der Waals surface area contributed by atoms with E-state index in [0.717, 1.165) is 39.0 Å². The van der Waals surface area contributed by atoms with Crippen molar-refractivity contribution in [2.75, 3.05) is 0 Å². The Hall–Kier alpha value is -4.06. The first-order valence-electron chi connectivity index (χ1n) is 9.53. The molecule has 148 valence electrons. The summed E-state index contributed by atoms with van der Waals surface area (Å²) in [7, 11) is 0. The summed E-state index contributed by atoms with van der Waals surface area (Å²) in [6, 6.07) is 25.6. The number of amidine groups is 1.